The highest BCUT2D eigenvalue weighted by atomic mass is 32.2. The van der Waals surface area contributed by atoms with Crippen LogP contribution in [0.4, 0.5) is 0 Å². The first kappa shape index (κ1) is 15.6. The summed E-state index contributed by atoms with van der Waals surface area (Å²) in [6, 6.07) is 20.9. The maximum atomic E-state index is 9.67. The summed E-state index contributed by atoms with van der Waals surface area (Å²) in [5.74, 6) is 0.325. The van der Waals surface area contributed by atoms with Crippen LogP contribution in [0.25, 0.3) is 10.8 Å². The molecule has 4 rings (SSSR count). The van der Waals surface area contributed by atoms with E-state index in [1.807, 2.05) is 11.8 Å². The molecule has 0 amide bonds. The zero-order valence-electron chi connectivity index (χ0n) is 14.3. The van der Waals surface area contributed by atoms with Gasteiger partial charge >= 0.3 is 0 Å². The molecular weight excluding hydrogens is 312 g/mol. The Morgan fingerprint density at radius 1 is 0.875 bits per heavy atom. The van der Waals surface area contributed by atoms with Crippen molar-refractivity contribution in [3.8, 4) is 5.75 Å². The van der Waals surface area contributed by atoms with Crippen molar-refractivity contribution in [1.82, 2.24) is 0 Å². The average molecular weight is 334 g/mol. The van der Waals surface area contributed by atoms with Crippen molar-refractivity contribution in [2.75, 3.05) is 0 Å². The van der Waals surface area contributed by atoms with Crippen LogP contribution in [0.5, 0.6) is 5.75 Å². The van der Waals surface area contributed by atoms with E-state index in [0.717, 1.165) is 6.42 Å². The maximum Gasteiger partial charge on any atom is 0.115 e. The number of phenolic OH excluding ortho intramolecular Hbond substituents is 1. The Balaban J connectivity index is 2.00. The molecule has 3 aromatic carbocycles. The Hall–Kier alpha value is -1.93. The second-order valence-electron chi connectivity index (χ2n) is 7.58. The normalized spacial score (nSPS) is 22.3. The molecule has 0 aromatic heterocycles. The van der Waals surface area contributed by atoms with Crippen LogP contribution in [-0.4, -0.2) is 9.85 Å². The van der Waals surface area contributed by atoms with Gasteiger partial charge in [0.1, 0.15) is 5.75 Å². The third-order valence-corrected chi connectivity index (χ3v) is 6.48. The van der Waals surface area contributed by atoms with Gasteiger partial charge in [-0.3, -0.25) is 0 Å². The van der Waals surface area contributed by atoms with E-state index in [4.69, 9.17) is 0 Å². The Labute approximate surface area is 147 Å². The second kappa shape index (κ2) is 5.29. The summed E-state index contributed by atoms with van der Waals surface area (Å²) in [7, 11) is 0. The van der Waals surface area contributed by atoms with Gasteiger partial charge in [0.25, 0.3) is 0 Å². The molecule has 1 aliphatic heterocycles. The van der Waals surface area contributed by atoms with Crippen LogP contribution in [0, 0.1) is 0 Å². The van der Waals surface area contributed by atoms with E-state index in [9.17, 15) is 5.11 Å². The zero-order valence-corrected chi connectivity index (χ0v) is 15.2. The third-order valence-electron chi connectivity index (χ3n) is 5.14. The third kappa shape index (κ3) is 2.41. The van der Waals surface area contributed by atoms with Crippen molar-refractivity contribution >= 4 is 22.5 Å². The largest absolute Gasteiger partial charge is 0.508 e. The highest BCUT2D eigenvalue weighted by Gasteiger charge is 2.42. The Kier molecular flexibility index (Phi) is 3.43. The van der Waals surface area contributed by atoms with Crippen LogP contribution < -0.4 is 0 Å². The molecule has 3 aromatic rings. The van der Waals surface area contributed by atoms with Crippen LogP contribution in [0.2, 0.25) is 0 Å². The molecule has 0 aliphatic carbocycles. The summed E-state index contributed by atoms with van der Waals surface area (Å²) in [6.07, 6.45) is 1.07. The molecule has 0 fully saturated rings. The summed E-state index contributed by atoms with van der Waals surface area (Å²) in [5, 5.41) is 12.3. The van der Waals surface area contributed by atoms with Gasteiger partial charge in [-0.05, 0) is 40.5 Å². The zero-order chi connectivity index (χ0) is 16.9. The first-order valence-corrected chi connectivity index (χ1v) is 9.21. The summed E-state index contributed by atoms with van der Waals surface area (Å²) < 4.78 is 0.157. The molecule has 0 saturated carbocycles. The molecule has 122 valence electrons. The first-order chi connectivity index (χ1) is 11.4. The van der Waals surface area contributed by atoms with Crippen molar-refractivity contribution in [3.05, 3.63) is 71.8 Å². The summed E-state index contributed by atoms with van der Waals surface area (Å²) in [6.45, 7) is 7.01. The number of rotatable bonds is 1. The fraction of sp³-hybridized carbons (Fsp3) is 0.273. The van der Waals surface area contributed by atoms with Gasteiger partial charge in [0, 0.05) is 15.1 Å². The van der Waals surface area contributed by atoms with Gasteiger partial charge in [0.15, 0.2) is 0 Å². The van der Waals surface area contributed by atoms with Gasteiger partial charge in [-0.1, -0.05) is 69.3 Å². The van der Waals surface area contributed by atoms with Gasteiger partial charge < -0.3 is 5.11 Å². The van der Waals surface area contributed by atoms with Gasteiger partial charge in [0.2, 0.25) is 0 Å². The number of benzene rings is 3. The number of hydrogen-bond acceptors (Lipinski definition) is 2. The highest BCUT2D eigenvalue weighted by Crippen LogP contribution is 2.55. The second-order valence-corrected chi connectivity index (χ2v) is 9.30. The molecule has 2 heteroatoms. The van der Waals surface area contributed by atoms with E-state index >= 15 is 0 Å². The molecule has 0 bridgehead atoms. The number of hydrogen-bond donors (Lipinski definition) is 1. The standard InChI is InChI=1S/C22H22OS/c1-21(2)14-22(3,16-9-11-17(23)12-10-16)19-13-8-15-6-4-5-7-18(15)20(19)24-21/h4-13,23H,14H2,1-3H3/t22-/m1/s1. The molecule has 1 atom stereocenters. The highest BCUT2D eigenvalue weighted by molar-refractivity contribution is 8.01. The van der Waals surface area contributed by atoms with Gasteiger partial charge in [-0.25, -0.2) is 0 Å². The Morgan fingerprint density at radius 3 is 2.33 bits per heavy atom. The molecule has 24 heavy (non-hydrogen) atoms. The molecule has 1 nitrogen and oxygen atoms in total. The van der Waals surface area contributed by atoms with Crippen molar-refractivity contribution < 1.29 is 5.11 Å². The molecule has 1 N–H and O–H groups in total. The lowest BCUT2D eigenvalue weighted by atomic mass is 9.70. The van der Waals surface area contributed by atoms with E-state index in [-0.39, 0.29) is 10.2 Å². The molecule has 1 heterocycles. The Morgan fingerprint density at radius 2 is 1.58 bits per heavy atom. The summed E-state index contributed by atoms with van der Waals surface area (Å²) in [5.41, 5.74) is 2.61. The van der Waals surface area contributed by atoms with Crippen molar-refractivity contribution in [1.29, 1.82) is 0 Å². The van der Waals surface area contributed by atoms with Crippen molar-refractivity contribution in [2.45, 2.75) is 42.2 Å². The summed E-state index contributed by atoms with van der Waals surface area (Å²) >= 11 is 1.99. The van der Waals surface area contributed by atoms with E-state index < -0.39 is 0 Å². The minimum absolute atomic E-state index is 0.0538. The average Bonchev–Trinajstić information content (AvgIpc) is 2.54. The first-order valence-electron chi connectivity index (χ1n) is 8.40. The van der Waals surface area contributed by atoms with Crippen LogP contribution in [0.1, 0.15) is 38.3 Å². The number of aromatic hydroxyl groups is 1. The number of phenols is 1. The van der Waals surface area contributed by atoms with Gasteiger partial charge in [-0.2, -0.15) is 0 Å². The fourth-order valence-electron chi connectivity index (χ4n) is 4.13. The van der Waals surface area contributed by atoms with Crippen molar-refractivity contribution in [3.63, 3.8) is 0 Å². The minimum Gasteiger partial charge on any atom is -0.508 e. The van der Waals surface area contributed by atoms with Crippen LogP contribution in [0.15, 0.2) is 65.6 Å². The van der Waals surface area contributed by atoms with E-state index in [0.29, 0.717) is 5.75 Å². The summed E-state index contributed by atoms with van der Waals surface area (Å²) in [4.78, 5) is 1.40. The predicted octanol–water partition coefficient (Wildman–Crippen LogP) is 6.13. The predicted molar refractivity (Wildman–Crippen MR) is 103 cm³/mol. The van der Waals surface area contributed by atoms with E-state index in [1.54, 1.807) is 12.1 Å². The molecule has 0 unspecified atom stereocenters. The smallest absolute Gasteiger partial charge is 0.115 e. The Bertz CT molecular complexity index is 911. The molecule has 0 saturated heterocycles. The fourth-order valence-corrected chi connectivity index (χ4v) is 5.75. The van der Waals surface area contributed by atoms with Crippen LogP contribution >= 0.6 is 11.8 Å². The van der Waals surface area contributed by atoms with E-state index in [2.05, 4.69) is 69.3 Å². The lowest BCUT2D eigenvalue weighted by Crippen LogP contribution is -2.37. The lowest BCUT2D eigenvalue weighted by Gasteiger charge is -2.44. The number of fused-ring (bicyclic) bond motifs is 3. The topological polar surface area (TPSA) is 20.2 Å². The lowest BCUT2D eigenvalue weighted by molar-refractivity contribution is 0.437. The van der Waals surface area contributed by atoms with E-state index in [1.165, 1.54) is 26.8 Å². The van der Waals surface area contributed by atoms with Crippen molar-refractivity contribution in [2.24, 2.45) is 0 Å². The van der Waals surface area contributed by atoms with Crippen LogP contribution in [-0.2, 0) is 5.41 Å². The maximum absolute atomic E-state index is 9.67. The van der Waals surface area contributed by atoms with Gasteiger partial charge in [-0.15, -0.1) is 11.8 Å². The monoisotopic (exact) mass is 334 g/mol. The van der Waals surface area contributed by atoms with Gasteiger partial charge in [0.05, 0.1) is 0 Å². The molecule has 0 spiro atoms. The minimum atomic E-state index is -0.0538. The van der Waals surface area contributed by atoms with Crippen LogP contribution in [0.3, 0.4) is 0 Å². The SMILES string of the molecule is CC1(C)C[C@](C)(c2ccc(O)cc2)c2ccc3ccccc3c2S1. The number of thioether (sulfide) groups is 1. The molecular formula is C22H22OS. The molecule has 1 aliphatic rings. The molecule has 0 radical (unpaired) electrons. The quantitative estimate of drug-likeness (QED) is 0.578.